The average Bonchev–Trinajstić information content (AvgIpc) is 3.11. The molecule has 0 radical (unpaired) electrons. The standard InChI is InChI=1S/C21H24N2O3S2/c1-5-28(25,26)23(4)18-10-11-19-16(12-18)13-20(27-19)21(24)22-17-8-6-15(7-9-17)14(2)3/h6-14H,5H2,1-4H3,(H,22,24). The Labute approximate surface area is 170 Å². The molecule has 3 aromatic rings. The van der Waals surface area contributed by atoms with E-state index in [0.29, 0.717) is 16.5 Å². The second kappa shape index (κ2) is 7.93. The normalized spacial score (nSPS) is 11.8. The smallest absolute Gasteiger partial charge is 0.265 e. The van der Waals surface area contributed by atoms with Crippen molar-refractivity contribution in [1.29, 1.82) is 0 Å². The number of nitrogens with one attached hydrogen (secondary N) is 1. The molecule has 0 aliphatic heterocycles. The van der Waals surface area contributed by atoms with Gasteiger partial charge in [-0.05, 0) is 60.2 Å². The molecule has 3 rings (SSSR count). The van der Waals surface area contributed by atoms with Gasteiger partial charge in [-0.2, -0.15) is 0 Å². The van der Waals surface area contributed by atoms with Gasteiger partial charge in [-0.15, -0.1) is 11.3 Å². The molecule has 1 heterocycles. The van der Waals surface area contributed by atoms with Crippen LogP contribution in [-0.2, 0) is 10.0 Å². The lowest BCUT2D eigenvalue weighted by Crippen LogP contribution is -2.27. The van der Waals surface area contributed by atoms with Crippen molar-refractivity contribution in [1.82, 2.24) is 0 Å². The van der Waals surface area contributed by atoms with Crippen molar-refractivity contribution >= 4 is 48.7 Å². The van der Waals surface area contributed by atoms with Crippen LogP contribution in [0.1, 0.15) is 41.9 Å². The summed E-state index contributed by atoms with van der Waals surface area (Å²) in [4.78, 5) is 13.2. The average molecular weight is 417 g/mol. The number of hydrogen-bond donors (Lipinski definition) is 1. The van der Waals surface area contributed by atoms with Gasteiger partial charge in [0.25, 0.3) is 5.91 Å². The summed E-state index contributed by atoms with van der Waals surface area (Å²) in [7, 11) is -1.78. The molecule has 0 aliphatic rings. The minimum absolute atomic E-state index is 0.0361. The Balaban J connectivity index is 1.82. The molecule has 0 aliphatic carbocycles. The van der Waals surface area contributed by atoms with Gasteiger partial charge < -0.3 is 5.32 Å². The van der Waals surface area contributed by atoms with E-state index in [9.17, 15) is 13.2 Å². The van der Waals surface area contributed by atoms with Crippen LogP contribution in [0.15, 0.2) is 48.5 Å². The molecule has 1 amide bonds. The molecule has 5 nitrogen and oxygen atoms in total. The summed E-state index contributed by atoms with van der Waals surface area (Å²) in [6, 6.07) is 15.1. The van der Waals surface area contributed by atoms with Gasteiger partial charge >= 0.3 is 0 Å². The van der Waals surface area contributed by atoms with Crippen molar-refractivity contribution in [2.75, 3.05) is 22.4 Å². The highest BCUT2D eigenvalue weighted by Crippen LogP contribution is 2.30. The van der Waals surface area contributed by atoms with Crippen molar-refractivity contribution < 1.29 is 13.2 Å². The molecular weight excluding hydrogens is 392 g/mol. The molecule has 0 unspecified atom stereocenters. The third-order valence-corrected chi connectivity index (χ3v) is 7.59. The highest BCUT2D eigenvalue weighted by molar-refractivity contribution is 7.92. The molecule has 0 spiro atoms. The Morgan fingerprint density at radius 3 is 2.39 bits per heavy atom. The van der Waals surface area contributed by atoms with Crippen molar-refractivity contribution in [3.8, 4) is 0 Å². The molecule has 28 heavy (non-hydrogen) atoms. The summed E-state index contributed by atoms with van der Waals surface area (Å²) in [5.74, 6) is 0.305. The number of carbonyl (C=O) groups excluding carboxylic acids is 1. The highest BCUT2D eigenvalue weighted by atomic mass is 32.2. The number of thiophene rings is 1. The first-order valence-electron chi connectivity index (χ1n) is 9.13. The van der Waals surface area contributed by atoms with Crippen LogP contribution >= 0.6 is 11.3 Å². The van der Waals surface area contributed by atoms with Crippen LogP contribution in [0, 0.1) is 0 Å². The van der Waals surface area contributed by atoms with E-state index in [2.05, 4.69) is 19.2 Å². The number of amides is 1. The summed E-state index contributed by atoms with van der Waals surface area (Å²) in [6.07, 6.45) is 0. The Morgan fingerprint density at radius 2 is 1.79 bits per heavy atom. The summed E-state index contributed by atoms with van der Waals surface area (Å²) in [5.41, 5.74) is 2.56. The number of nitrogens with zero attached hydrogens (tertiary/aromatic N) is 1. The number of anilines is 2. The quantitative estimate of drug-likeness (QED) is 0.610. The molecule has 148 valence electrons. The topological polar surface area (TPSA) is 66.5 Å². The molecule has 0 atom stereocenters. The fourth-order valence-corrected chi connectivity index (χ4v) is 4.60. The van der Waals surface area contributed by atoms with Gasteiger partial charge in [-0.3, -0.25) is 9.10 Å². The lowest BCUT2D eigenvalue weighted by atomic mass is 10.0. The third-order valence-electron chi connectivity index (χ3n) is 4.70. The maximum absolute atomic E-state index is 12.6. The van der Waals surface area contributed by atoms with E-state index in [-0.39, 0.29) is 11.7 Å². The van der Waals surface area contributed by atoms with Crippen LogP contribution in [0.4, 0.5) is 11.4 Å². The summed E-state index contributed by atoms with van der Waals surface area (Å²) in [6.45, 7) is 5.87. The maximum atomic E-state index is 12.6. The van der Waals surface area contributed by atoms with E-state index in [1.54, 1.807) is 32.2 Å². The van der Waals surface area contributed by atoms with Crippen molar-refractivity contribution in [2.45, 2.75) is 26.7 Å². The fourth-order valence-electron chi connectivity index (χ4n) is 2.84. The van der Waals surface area contributed by atoms with Crippen molar-refractivity contribution in [3.05, 3.63) is 59.0 Å². The Bertz CT molecular complexity index is 1100. The highest BCUT2D eigenvalue weighted by Gasteiger charge is 2.17. The first-order valence-corrected chi connectivity index (χ1v) is 11.6. The largest absolute Gasteiger partial charge is 0.321 e. The molecule has 2 aromatic carbocycles. The Morgan fingerprint density at radius 1 is 1.11 bits per heavy atom. The van der Waals surface area contributed by atoms with Gasteiger partial charge in [0, 0.05) is 17.4 Å². The van der Waals surface area contributed by atoms with Crippen LogP contribution in [-0.4, -0.2) is 27.1 Å². The van der Waals surface area contributed by atoms with Crippen molar-refractivity contribution in [3.63, 3.8) is 0 Å². The second-order valence-electron chi connectivity index (χ2n) is 6.93. The van der Waals surface area contributed by atoms with Crippen LogP contribution in [0.25, 0.3) is 10.1 Å². The zero-order valence-corrected chi connectivity index (χ0v) is 18.0. The molecule has 1 aromatic heterocycles. The zero-order valence-electron chi connectivity index (χ0n) is 16.4. The fraction of sp³-hybridized carbons (Fsp3) is 0.286. The molecule has 1 N–H and O–H groups in total. The predicted molar refractivity (Wildman–Crippen MR) is 118 cm³/mol. The predicted octanol–water partition coefficient (Wildman–Crippen LogP) is 5.06. The van der Waals surface area contributed by atoms with E-state index in [1.165, 1.54) is 21.2 Å². The summed E-state index contributed by atoms with van der Waals surface area (Å²) < 4.78 is 26.4. The van der Waals surface area contributed by atoms with Crippen LogP contribution in [0.2, 0.25) is 0 Å². The second-order valence-corrected chi connectivity index (χ2v) is 10.3. The first kappa shape index (κ1) is 20.4. The van der Waals surface area contributed by atoms with E-state index >= 15 is 0 Å². The van der Waals surface area contributed by atoms with Gasteiger partial charge in [-0.1, -0.05) is 26.0 Å². The number of sulfonamides is 1. The Kier molecular flexibility index (Phi) is 5.76. The van der Waals surface area contributed by atoms with Gasteiger partial charge in [0.2, 0.25) is 10.0 Å². The molecule has 0 fully saturated rings. The number of benzene rings is 2. The zero-order chi connectivity index (χ0) is 20.5. The van der Waals surface area contributed by atoms with Gasteiger partial charge in [0.1, 0.15) is 0 Å². The maximum Gasteiger partial charge on any atom is 0.265 e. The molecule has 7 heteroatoms. The summed E-state index contributed by atoms with van der Waals surface area (Å²) >= 11 is 1.39. The van der Waals surface area contributed by atoms with Crippen LogP contribution in [0.3, 0.4) is 0 Å². The number of rotatable bonds is 6. The van der Waals surface area contributed by atoms with E-state index < -0.39 is 10.0 Å². The molecular formula is C21H24N2O3S2. The van der Waals surface area contributed by atoms with E-state index in [1.807, 2.05) is 30.3 Å². The number of carbonyl (C=O) groups is 1. The lowest BCUT2D eigenvalue weighted by Gasteiger charge is -2.18. The third kappa shape index (κ3) is 4.20. The number of hydrogen-bond acceptors (Lipinski definition) is 4. The monoisotopic (exact) mass is 416 g/mol. The first-order chi connectivity index (χ1) is 13.2. The van der Waals surface area contributed by atoms with Gasteiger partial charge in [0.05, 0.1) is 16.3 Å². The molecule has 0 bridgehead atoms. The van der Waals surface area contributed by atoms with E-state index in [0.717, 1.165) is 15.8 Å². The van der Waals surface area contributed by atoms with Gasteiger partial charge in [-0.25, -0.2) is 8.42 Å². The van der Waals surface area contributed by atoms with E-state index in [4.69, 9.17) is 0 Å². The molecule has 0 saturated heterocycles. The van der Waals surface area contributed by atoms with Gasteiger partial charge in [0.15, 0.2) is 0 Å². The van der Waals surface area contributed by atoms with Crippen LogP contribution in [0.5, 0.6) is 0 Å². The minimum Gasteiger partial charge on any atom is -0.321 e. The minimum atomic E-state index is -3.32. The van der Waals surface area contributed by atoms with Crippen LogP contribution < -0.4 is 9.62 Å². The summed E-state index contributed by atoms with van der Waals surface area (Å²) in [5, 5.41) is 3.77. The van der Waals surface area contributed by atoms with Crippen molar-refractivity contribution in [2.24, 2.45) is 0 Å². The molecule has 0 saturated carbocycles. The SMILES string of the molecule is CCS(=O)(=O)N(C)c1ccc2sc(C(=O)Nc3ccc(C(C)C)cc3)cc2c1. The lowest BCUT2D eigenvalue weighted by molar-refractivity contribution is 0.103. The Hall–Kier alpha value is -2.38. The number of fused-ring (bicyclic) bond motifs is 1.